The average Bonchev–Trinajstić information content (AvgIpc) is 2.31. The highest BCUT2D eigenvalue weighted by Crippen LogP contribution is 2.29. The zero-order valence-corrected chi connectivity index (χ0v) is 11.9. The van der Waals surface area contributed by atoms with Gasteiger partial charge in [-0.3, -0.25) is 4.79 Å². The van der Waals surface area contributed by atoms with Gasteiger partial charge in [0.25, 0.3) is 6.43 Å². The molecule has 1 aromatic rings. The van der Waals surface area contributed by atoms with E-state index in [0.717, 1.165) is 0 Å². The van der Waals surface area contributed by atoms with Gasteiger partial charge < -0.3 is 14.9 Å². The Bertz CT molecular complexity index is 511. The Morgan fingerprint density at radius 2 is 2.26 bits per heavy atom. The second kappa shape index (κ2) is 6.68. The van der Waals surface area contributed by atoms with Crippen molar-refractivity contribution in [3.8, 4) is 0 Å². The molecule has 0 aliphatic rings. The van der Waals surface area contributed by atoms with Crippen LogP contribution >= 0.6 is 22.6 Å². The SMILES string of the molecule is CCOC(=O)Cc1c(C(F)F)cc([N+](=O)[O-])nc1I. The van der Waals surface area contributed by atoms with E-state index in [2.05, 4.69) is 9.72 Å². The van der Waals surface area contributed by atoms with Crippen LogP contribution in [-0.4, -0.2) is 22.5 Å². The van der Waals surface area contributed by atoms with Gasteiger partial charge in [-0.1, -0.05) is 0 Å². The molecule has 19 heavy (non-hydrogen) atoms. The molecule has 1 aromatic heterocycles. The van der Waals surface area contributed by atoms with Crippen molar-refractivity contribution in [3.05, 3.63) is 31.0 Å². The summed E-state index contributed by atoms with van der Waals surface area (Å²) in [6, 6.07) is 0.682. The van der Waals surface area contributed by atoms with Crippen molar-refractivity contribution >= 4 is 34.4 Å². The number of esters is 1. The number of carbonyl (C=O) groups excluding carboxylic acids is 1. The maximum Gasteiger partial charge on any atom is 0.365 e. The van der Waals surface area contributed by atoms with Crippen molar-refractivity contribution in [2.75, 3.05) is 6.61 Å². The molecule has 0 fully saturated rings. The number of rotatable bonds is 5. The van der Waals surface area contributed by atoms with E-state index in [9.17, 15) is 23.7 Å². The molecule has 0 spiro atoms. The Hall–Kier alpha value is -1.39. The van der Waals surface area contributed by atoms with Crippen LogP contribution in [0.25, 0.3) is 0 Å². The Labute approximate surface area is 120 Å². The van der Waals surface area contributed by atoms with Gasteiger partial charge in [0.15, 0.2) is 0 Å². The van der Waals surface area contributed by atoms with Gasteiger partial charge in [0.2, 0.25) is 3.70 Å². The Morgan fingerprint density at radius 1 is 1.63 bits per heavy atom. The van der Waals surface area contributed by atoms with Crippen LogP contribution in [0.3, 0.4) is 0 Å². The van der Waals surface area contributed by atoms with E-state index in [1.807, 2.05) is 0 Å². The molecule has 0 saturated carbocycles. The topological polar surface area (TPSA) is 82.3 Å². The predicted octanol–water partition coefficient (Wildman–Crippen LogP) is 2.64. The lowest BCUT2D eigenvalue weighted by molar-refractivity contribution is -0.389. The predicted molar refractivity (Wildman–Crippen MR) is 68.9 cm³/mol. The van der Waals surface area contributed by atoms with Crippen LogP contribution in [0.5, 0.6) is 0 Å². The molecular formula is C10H9F2IN2O4. The summed E-state index contributed by atoms with van der Waals surface area (Å²) in [7, 11) is 0. The van der Waals surface area contributed by atoms with Crippen LogP contribution in [-0.2, 0) is 16.0 Å². The van der Waals surface area contributed by atoms with Crippen LogP contribution in [0.15, 0.2) is 6.07 Å². The Morgan fingerprint density at radius 3 is 2.74 bits per heavy atom. The van der Waals surface area contributed by atoms with Gasteiger partial charge in [-0.15, -0.1) is 0 Å². The van der Waals surface area contributed by atoms with Crippen LogP contribution in [0.2, 0.25) is 0 Å². The van der Waals surface area contributed by atoms with E-state index in [1.165, 1.54) is 0 Å². The van der Waals surface area contributed by atoms with Gasteiger partial charge in [0.05, 0.1) is 13.0 Å². The summed E-state index contributed by atoms with van der Waals surface area (Å²) < 4.78 is 30.4. The number of alkyl halides is 2. The molecule has 0 saturated heterocycles. The first-order chi connectivity index (χ1) is 8.86. The standard InChI is InChI=1S/C10H9F2IN2O4/c1-2-19-8(16)4-6-5(9(11)12)3-7(15(17)18)14-10(6)13/h3,9H,2,4H2,1H3. The maximum atomic E-state index is 12.9. The zero-order chi connectivity index (χ0) is 14.6. The maximum absolute atomic E-state index is 12.9. The fourth-order valence-electron chi connectivity index (χ4n) is 1.37. The van der Waals surface area contributed by atoms with Crippen molar-refractivity contribution in [2.45, 2.75) is 19.8 Å². The van der Waals surface area contributed by atoms with Crippen LogP contribution < -0.4 is 0 Å². The Balaban J connectivity index is 3.22. The highest BCUT2D eigenvalue weighted by molar-refractivity contribution is 14.1. The smallest absolute Gasteiger partial charge is 0.365 e. The van der Waals surface area contributed by atoms with E-state index in [-0.39, 0.29) is 15.9 Å². The molecular weight excluding hydrogens is 377 g/mol. The van der Waals surface area contributed by atoms with Crippen LogP contribution in [0.4, 0.5) is 14.6 Å². The van der Waals surface area contributed by atoms with Gasteiger partial charge >= 0.3 is 11.8 Å². The summed E-state index contributed by atoms with van der Waals surface area (Å²) in [5, 5.41) is 10.6. The van der Waals surface area contributed by atoms with Gasteiger partial charge in [-0.05, 0) is 16.8 Å². The molecule has 9 heteroatoms. The summed E-state index contributed by atoms with van der Waals surface area (Å²) in [6.07, 6.45) is -3.32. The fourth-order valence-corrected chi connectivity index (χ4v) is 2.11. The first-order valence-electron chi connectivity index (χ1n) is 5.14. The van der Waals surface area contributed by atoms with E-state index in [1.54, 1.807) is 29.5 Å². The number of halogens is 3. The molecule has 0 radical (unpaired) electrons. The number of carbonyl (C=O) groups is 1. The third kappa shape index (κ3) is 4.04. The number of nitrogens with zero attached hydrogens (tertiary/aromatic N) is 2. The highest BCUT2D eigenvalue weighted by Gasteiger charge is 2.25. The van der Waals surface area contributed by atoms with Crippen LogP contribution in [0, 0.1) is 13.8 Å². The normalized spacial score (nSPS) is 10.6. The van der Waals surface area contributed by atoms with Gasteiger partial charge in [0, 0.05) is 39.8 Å². The number of hydrogen-bond acceptors (Lipinski definition) is 5. The number of pyridine rings is 1. The van der Waals surface area contributed by atoms with Gasteiger partial charge in [0.1, 0.15) is 0 Å². The molecule has 0 unspecified atom stereocenters. The molecule has 0 aliphatic carbocycles. The summed E-state index contributed by atoms with van der Waals surface area (Å²) >= 11 is 1.58. The van der Waals surface area contributed by atoms with Gasteiger partial charge in [-0.25, -0.2) is 8.78 Å². The second-order valence-corrected chi connectivity index (χ2v) is 4.40. The molecule has 104 valence electrons. The first kappa shape index (κ1) is 15.7. The molecule has 6 nitrogen and oxygen atoms in total. The number of nitro groups is 1. The first-order valence-corrected chi connectivity index (χ1v) is 6.22. The van der Waals surface area contributed by atoms with E-state index >= 15 is 0 Å². The Kier molecular flexibility index (Phi) is 5.51. The number of ether oxygens (including phenoxy) is 1. The monoisotopic (exact) mass is 386 g/mol. The average molecular weight is 386 g/mol. The molecule has 0 N–H and O–H groups in total. The lowest BCUT2D eigenvalue weighted by atomic mass is 10.1. The molecule has 0 aromatic carbocycles. The summed E-state index contributed by atoms with van der Waals surface area (Å²) in [5.74, 6) is -1.36. The molecule has 1 heterocycles. The second-order valence-electron chi connectivity index (χ2n) is 3.38. The van der Waals surface area contributed by atoms with E-state index in [4.69, 9.17) is 0 Å². The molecule has 1 rings (SSSR count). The molecule has 0 atom stereocenters. The van der Waals surface area contributed by atoms with Crippen molar-refractivity contribution in [2.24, 2.45) is 0 Å². The molecule has 0 amide bonds. The van der Waals surface area contributed by atoms with E-state index < -0.39 is 35.1 Å². The third-order valence-corrected chi connectivity index (χ3v) is 3.04. The highest BCUT2D eigenvalue weighted by atomic mass is 127. The van der Waals surface area contributed by atoms with Crippen molar-refractivity contribution in [3.63, 3.8) is 0 Å². The molecule has 0 bridgehead atoms. The van der Waals surface area contributed by atoms with Crippen molar-refractivity contribution < 1.29 is 23.2 Å². The van der Waals surface area contributed by atoms with E-state index in [0.29, 0.717) is 6.07 Å². The number of hydrogen-bond donors (Lipinski definition) is 0. The zero-order valence-electron chi connectivity index (χ0n) is 9.73. The lowest BCUT2D eigenvalue weighted by Gasteiger charge is -2.08. The fraction of sp³-hybridized carbons (Fsp3) is 0.400. The van der Waals surface area contributed by atoms with Crippen molar-refractivity contribution in [1.82, 2.24) is 4.98 Å². The number of aromatic nitrogens is 1. The largest absolute Gasteiger partial charge is 0.466 e. The quantitative estimate of drug-likeness (QED) is 0.256. The minimum Gasteiger partial charge on any atom is -0.466 e. The minimum atomic E-state index is -2.93. The lowest BCUT2D eigenvalue weighted by Crippen LogP contribution is -2.12. The summed E-state index contributed by atoms with van der Waals surface area (Å²) in [4.78, 5) is 24.6. The van der Waals surface area contributed by atoms with Gasteiger partial charge in [-0.2, -0.15) is 0 Å². The van der Waals surface area contributed by atoms with Crippen LogP contribution in [0.1, 0.15) is 24.5 Å². The molecule has 0 aliphatic heterocycles. The minimum absolute atomic E-state index is 0.00449. The third-order valence-electron chi connectivity index (χ3n) is 2.14. The summed E-state index contributed by atoms with van der Waals surface area (Å²) in [5.41, 5.74) is -0.612. The van der Waals surface area contributed by atoms with Crippen molar-refractivity contribution in [1.29, 1.82) is 0 Å². The summed E-state index contributed by atoms with van der Waals surface area (Å²) in [6.45, 7) is 1.71.